The average molecular weight is 699 g/mol. The second kappa shape index (κ2) is 15.3. The van der Waals surface area contributed by atoms with Gasteiger partial charge in [-0.3, -0.25) is 4.79 Å². The third-order valence-corrected chi connectivity index (χ3v) is 9.71. The maximum absolute atomic E-state index is 13.7. The standard InChI is InChI=1S/C35H33Cl2NO8S/c1-23(2)28-16-26(46-27(20-43-18-24-10-5-3-6-11-24)21-44-19-25-12-7-4-8-13-25)17-31-32(28)34(39)38(47(31,41)42)22-45-35(40)33-29(36)14-9-15-30(33)37/h3-17,23,27H,18-22H2,1-2H3. The lowest BCUT2D eigenvalue weighted by Gasteiger charge is -2.21. The number of halogens is 2. The highest BCUT2D eigenvalue weighted by molar-refractivity contribution is 7.90. The van der Waals surface area contributed by atoms with Gasteiger partial charge in [0.2, 0.25) is 0 Å². The highest BCUT2D eigenvalue weighted by Crippen LogP contribution is 2.39. The van der Waals surface area contributed by atoms with Crippen molar-refractivity contribution in [2.24, 2.45) is 0 Å². The van der Waals surface area contributed by atoms with Crippen LogP contribution in [0.15, 0.2) is 95.9 Å². The van der Waals surface area contributed by atoms with Crippen LogP contribution in [0.25, 0.3) is 0 Å². The van der Waals surface area contributed by atoms with E-state index in [-0.39, 0.29) is 50.9 Å². The van der Waals surface area contributed by atoms with E-state index in [1.165, 1.54) is 18.2 Å². The summed E-state index contributed by atoms with van der Waals surface area (Å²) in [6.45, 7) is 3.79. The summed E-state index contributed by atoms with van der Waals surface area (Å²) >= 11 is 12.2. The number of hydrogen-bond donors (Lipinski definition) is 0. The van der Waals surface area contributed by atoms with Crippen molar-refractivity contribution in [3.8, 4) is 5.75 Å². The van der Waals surface area contributed by atoms with Crippen molar-refractivity contribution in [3.05, 3.63) is 129 Å². The SMILES string of the molecule is CC(C)c1cc(OC(COCc2ccccc2)COCc2ccccc2)cc2c1C(=O)N(COC(=O)c1c(Cl)cccc1Cl)S2(=O)=O. The average Bonchev–Trinajstić information content (AvgIpc) is 3.24. The Morgan fingerprint density at radius 1 is 0.809 bits per heavy atom. The van der Waals surface area contributed by atoms with Crippen LogP contribution < -0.4 is 4.74 Å². The van der Waals surface area contributed by atoms with Gasteiger partial charge >= 0.3 is 5.97 Å². The zero-order valence-corrected chi connectivity index (χ0v) is 28.1. The highest BCUT2D eigenvalue weighted by atomic mass is 35.5. The number of hydrogen-bond acceptors (Lipinski definition) is 8. The van der Waals surface area contributed by atoms with Gasteiger partial charge in [-0.25, -0.2) is 13.2 Å². The predicted molar refractivity (Wildman–Crippen MR) is 177 cm³/mol. The first-order valence-corrected chi connectivity index (χ1v) is 17.0. The molecule has 1 aliphatic heterocycles. The molecule has 1 heterocycles. The Morgan fingerprint density at radius 3 is 1.89 bits per heavy atom. The minimum Gasteiger partial charge on any atom is -0.486 e. The first-order chi connectivity index (χ1) is 22.6. The Bertz CT molecular complexity index is 1770. The van der Waals surface area contributed by atoms with Crippen molar-refractivity contribution in [3.63, 3.8) is 0 Å². The number of ether oxygens (including phenoxy) is 4. The lowest BCUT2D eigenvalue weighted by atomic mass is 9.96. The number of esters is 1. The van der Waals surface area contributed by atoms with Crippen molar-refractivity contribution in [2.45, 2.75) is 44.0 Å². The quantitative estimate of drug-likeness (QED) is 0.127. The lowest BCUT2D eigenvalue weighted by molar-refractivity contribution is -0.0158. The van der Waals surface area contributed by atoms with Crippen LogP contribution in [0.4, 0.5) is 0 Å². The topological polar surface area (TPSA) is 108 Å². The molecule has 0 unspecified atom stereocenters. The molecule has 0 bridgehead atoms. The summed E-state index contributed by atoms with van der Waals surface area (Å²) in [4.78, 5) is 26.1. The number of carbonyl (C=O) groups excluding carboxylic acids is 2. The van der Waals surface area contributed by atoms with E-state index in [0.29, 0.717) is 23.1 Å². The Balaban J connectivity index is 1.36. The van der Waals surface area contributed by atoms with E-state index >= 15 is 0 Å². The normalized spacial score (nSPS) is 13.7. The number of rotatable bonds is 14. The second-order valence-corrected chi connectivity index (χ2v) is 13.7. The Labute approximate surface area is 284 Å². The van der Waals surface area contributed by atoms with Crippen LogP contribution >= 0.6 is 23.2 Å². The van der Waals surface area contributed by atoms with Crippen LogP contribution in [0.1, 0.15) is 57.2 Å². The molecule has 4 aromatic rings. The molecule has 4 aromatic carbocycles. The van der Waals surface area contributed by atoms with Crippen LogP contribution in [0.3, 0.4) is 0 Å². The Kier molecular flexibility index (Phi) is 11.2. The third kappa shape index (κ3) is 8.14. The number of nitrogens with zero attached hydrogens (tertiary/aromatic N) is 1. The summed E-state index contributed by atoms with van der Waals surface area (Å²) < 4.78 is 51.4. The zero-order valence-electron chi connectivity index (χ0n) is 25.7. The maximum atomic E-state index is 13.7. The fourth-order valence-corrected chi connectivity index (χ4v) is 7.02. The molecule has 0 saturated heterocycles. The third-order valence-electron chi connectivity index (χ3n) is 7.35. The van der Waals surface area contributed by atoms with E-state index in [0.717, 1.165) is 11.1 Å². The van der Waals surface area contributed by atoms with E-state index in [1.54, 1.807) is 12.1 Å². The molecule has 9 nitrogen and oxygen atoms in total. The number of fused-ring (bicyclic) bond motifs is 1. The molecule has 1 aliphatic rings. The second-order valence-electron chi connectivity index (χ2n) is 11.1. The largest absolute Gasteiger partial charge is 0.486 e. The summed E-state index contributed by atoms with van der Waals surface area (Å²) in [5.74, 6) is -1.82. The van der Waals surface area contributed by atoms with Gasteiger partial charge in [0, 0.05) is 6.07 Å². The van der Waals surface area contributed by atoms with Gasteiger partial charge in [-0.2, -0.15) is 4.31 Å². The van der Waals surface area contributed by atoms with Gasteiger partial charge in [-0.15, -0.1) is 0 Å². The van der Waals surface area contributed by atoms with Crippen LogP contribution in [-0.4, -0.2) is 50.6 Å². The zero-order chi connectivity index (χ0) is 33.6. The first-order valence-electron chi connectivity index (χ1n) is 14.8. The van der Waals surface area contributed by atoms with Crippen molar-refractivity contribution in [1.29, 1.82) is 0 Å². The monoisotopic (exact) mass is 697 g/mol. The molecule has 0 radical (unpaired) electrons. The molecule has 5 rings (SSSR count). The maximum Gasteiger partial charge on any atom is 0.342 e. The van der Waals surface area contributed by atoms with Crippen molar-refractivity contribution >= 4 is 45.1 Å². The van der Waals surface area contributed by atoms with Gasteiger partial charge in [0.25, 0.3) is 15.9 Å². The molecular formula is C35H33Cl2NO8S. The molecule has 0 aromatic heterocycles. The molecule has 0 spiro atoms. The molecule has 0 atom stereocenters. The van der Waals surface area contributed by atoms with Gasteiger partial charge in [0.1, 0.15) is 16.7 Å². The van der Waals surface area contributed by atoms with Crippen LogP contribution in [0.2, 0.25) is 10.0 Å². The van der Waals surface area contributed by atoms with Gasteiger partial charge in [0.05, 0.1) is 47.6 Å². The lowest BCUT2D eigenvalue weighted by Crippen LogP contribution is -2.33. The first kappa shape index (κ1) is 34.4. The summed E-state index contributed by atoms with van der Waals surface area (Å²) in [7, 11) is -4.42. The number of benzene rings is 4. The van der Waals surface area contributed by atoms with E-state index in [2.05, 4.69) is 0 Å². The molecule has 47 heavy (non-hydrogen) atoms. The molecule has 246 valence electrons. The summed E-state index contributed by atoms with van der Waals surface area (Å²) in [6, 6.07) is 26.7. The van der Waals surface area contributed by atoms with Gasteiger partial charge < -0.3 is 18.9 Å². The molecule has 0 fully saturated rings. The van der Waals surface area contributed by atoms with Crippen molar-refractivity contribution in [1.82, 2.24) is 4.31 Å². The van der Waals surface area contributed by atoms with E-state index in [4.69, 9.17) is 42.1 Å². The molecule has 1 amide bonds. The van der Waals surface area contributed by atoms with E-state index in [1.807, 2.05) is 74.5 Å². The van der Waals surface area contributed by atoms with Gasteiger partial charge in [-0.1, -0.05) is 104 Å². The Hall–Kier alpha value is -3.93. The molecule has 0 saturated carbocycles. The summed E-state index contributed by atoms with van der Waals surface area (Å²) in [5, 5.41) is 0.0562. The number of carbonyl (C=O) groups is 2. The van der Waals surface area contributed by atoms with Crippen LogP contribution in [0, 0.1) is 0 Å². The molecule has 12 heteroatoms. The minimum absolute atomic E-state index is 0.00335. The summed E-state index contributed by atoms with van der Waals surface area (Å²) in [5.41, 5.74) is 2.29. The predicted octanol–water partition coefficient (Wildman–Crippen LogP) is 7.26. The molecule has 0 aliphatic carbocycles. The van der Waals surface area contributed by atoms with Crippen LogP contribution in [0.5, 0.6) is 5.75 Å². The Morgan fingerprint density at radius 2 is 1.36 bits per heavy atom. The van der Waals surface area contributed by atoms with Crippen LogP contribution in [-0.2, 0) is 37.4 Å². The highest BCUT2D eigenvalue weighted by Gasteiger charge is 2.44. The smallest absolute Gasteiger partial charge is 0.342 e. The number of sulfonamides is 1. The fourth-order valence-electron chi connectivity index (χ4n) is 5.00. The summed E-state index contributed by atoms with van der Waals surface area (Å²) in [6.07, 6.45) is -0.613. The van der Waals surface area contributed by atoms with Gasteiger partial charge in [-0.05, 0) is 40.8 Å². The van der Waals surface area contributed by atoms with Crippen molar-refractivity contribution < 1.29 is 37.0 Å². The van der Waals surface area contributed by atoms with E-state index in [9.17, 15) is 18.0 Å². The molecular weight excluding hydrogens is 665 g/mol. The minimum atomic E-state index is -4.42. The molecule has 0 N–H and O–H groups in total. The number of amides is 1. The fraction of sp³-hybridized carbons (Fsp3) is 0.257. The van der Waals surface area contributed by atoms with E-state index < -0.39 is 34.7 Å². The van der Waals surface area contributed by atoms with Gasteiger partial charge in [0.15, 0.2) is 6.73 Å². The van der Waals surface area contributed by atoms with Crippen molar-refractivity contribution in [2.75, 3.05) is 19.9 Å².